The highest BCUT2D eigenvalue weighted by molar-refractivity contribution is 5.73. The number of benzene rings is 1. The second kappa shape index (κ2) is 5.76. The normalized spacial score (nSPS) is 12.5. The van der Waals surface area contributed by atoms with Crippen LogP contribution in [-0.4, -0.2) is 22.0 Å². The molecule has 6 heteroatoms. The van der Waals surface area contributed by atoms with Crippen LogP contribution >= 0.6 is 0 Å². The minimum Gasteiger partial charge on any atom is -0.480 e. The van der Waals surface area contributed by atoms with Crippen LogP contribution < -0.4 is 5.73 Å². The highest BCUT2D eigenvalue weighted by Crippen LogP contribution is 2.09. The first-order valence-corrected chi connectivity index (χ1v) is 4.88. The van der Waals surface area contributed by atoms with Crippen molar-refractivity contribution in [3.05, 3.63) is 51.7 Å². The Bertz CT molecular complexity index is 457. The van der Waals surface area contributed by atoms with Crippen molar-refractivity contribution >= 4 is 12.0 Å². The van der Waals surface area contributed by atoms with Crippen molar-refractivity contribution in [1.82, 2.24) is 0 Å². The monoisotopic (exact) mass is 236 g/mol. The Hall–Kier alpha value is -2.21. The van der Waals surface area contributed by atoms with Crippen molar-refractivity contribution < 1.29 is 14.8 Å². The largest absolute Gasteiger partial charge is 0.480 e. The number of nitrogens with two attached hydrogens (primary N) is 1. The maximum atomic E-state index is 10.6. The number of carboxylic acid groups (broad SMARTS) is 1. The predicted molar refractivity (Wildman–Crippen MR) is 61.8 cm³/mol. The quantitative estimate of drug-likeness (QED) is 0.583. The molecule has 0 aliphatic rings. The van der Waals surface area contributed by atoms with Crippen LogP contribution in [0.4, 0.5) is 0 Å². The van der Waals surface area contributed by atoms with Gasteiger partial charge >= 0.3 is 5.97 Å². The molecule has 0 unspecified atom stereocenters. The van der Waals surface area contributed by atoms with E-state index in [1.54, 1.807) is 24.3 Å². The van der Waals surface area contributed by atoms with Crippen LogP contribution in [0.2, 0.25) is 0 Å². The van der Waals surface area contributed by atoms with E-state index in [-0.39, 0.29) is 6.42 Å². The van der Waals surface area contributed by atoms with E-state index in [0.29, 0.717) is 5.56 Å². The predicted octanol–water partition coefficient (Wildman–Crippen LogP) is 0.888. The van der Waals surface area contributed by atoms with Gasteiger partial charge in [0.25, 0.3) is 0 Å². The Morgan fingerprint density at radius 1 is 1.59 bits per heavy atom. The van der Waals surface area contributed by atoms with Gasteiger partial charge in [0.2, 0.25) is 6.20 Å². The van der Waals surface area contributed by atoms with Crippen LogP contribution in [0.15, 0.2) is 30.5 Å². The first kappa shape index (κ1) is 12.9. The molecule has 0 bridgehead atoms. The van der Waals surface area contributed by atoms with Crippen LogP contribution in [-0.2, 0) is 11.2 Å². The minimum absolute atomic E-state index is 0.190. The second-order valence-electron chi connectivity index (χ2n) is 3.49. The third-order valence-electron chi connectivity index (χ3n) is 2.11. The summed E-state index contributed by atoms with van der Waals surface area (Å²) in [7, 11) is 0. The van der Waals surface area contributed by atoms with Crippen molar-refractivity contribution in [1.29, 1.82) is 0 Å². The number of carbonyl (C=O) groups is 1. The smallest absolute Gasteiger partial charge is 0.320 e. The Morgan fingerprint density at radius 3 is 2.88 bits per heavy atom. The Kier molecular flexibility index (Phi) is 4.36. The van der Waals surface area contributed by atoms with Gasteiger partial charge < -0.3 is 10.8 Å². The molecule has 90 valence electrons. The van der Waals surface area contributed by atoms with Gasteiger partial charge in [-0.25, -0.2) is 0 Å². The zero-order chi connectivity index (χ0) is 12.8. The second-order valence-corrected chi connectivity index (χ2v) is 3.49. The van der Waals surface area contributed by atoms with E-state index >= 15 is 0 Å². The molecule has 0 aromatic heterocycles. The van der Waals surface area contributed by atoms with Crippen molar-refractivity contribution in [2.75, 3.05) is 0 Å². The van der Waals surface area contributed by atoms with E-state index in [4.69, 9.17) is 10.8 Å². The summed E-state index contributed by atoms with van der Waals surface area (Å²) in [4.78, 5) is 20.2. The van der Waals surface area contributed by atoms with Gasteiger partial charge in [0, 0.05) is 6.08 Å². The molecule has 0 fully saturated rings. The molecule has 0 amide bonds. The first-order valence-electron chi connectivity index (χ1n) is 4.88. The van der Waals surface area contributed by atoms with Crippen LogP contribution in [0, 0.1) is 10.1 Å². The summed E-state index contributed by atoms with van der Waals surface area (Å²) in [6, 6.07) is 5.82. The zero-order valence-electron chi connectivity index (χ0n) is 8.95. The number of rotatable bonds is 5. The summed E-state index contributed by atoms with van der Waals surface area (Å²) in [5.41, 5.74) is 6.76. The van der Waals surface area contributed by atoms with Crippen molar-refractivity contribution in [3.63, 3.8) is 0 Å². The van der Waals surface area contributed by atoms with Crippen molar-refractivity contribution in [3.8, 4) is 0 Å². The summed E-state index contributed by atoms with van der Waals surface area (Å²) >= 11 is 0. The maximum Gasteiger partial charge on any atom is 0.320 e. The third kappa shape index (κ3) is 4.43. The molecule has 3 N–H and O–H groups in total. The van der Waals surface area contributed by atoms with Crippen molar-refractivity contribution in [2.24, 2.45) is 5.73 Å². The fourth-order valence-corrected chi connectivity index (χ4v) is 1.31. The average Bonchev–Trinajstić information content (AvgIpc) is 2.26. The zero-order valence-corrected chi connectivity index (χ0v) is 8.95. The lowest BCUT2D eigenvalue weighted by atomic mass is 10.0. The molecule has 1 aromatic rings. The highest BCUT2D eigenvalue weighted by Gasteiger charge is 2.11. The molecule has 0 heterocycles. The van der Waals surface area contributed by atoms with Crippen LogP contribution in [0.5, 0.6) is 0 Å². The number of nitro groups is 1. The molecule has 17 heavy (non-hydrogen) atoms. The molecular weight excluding hydrogens is 224 g/mol. The lowest BCUT2D eigenvalue weighted by Gasteiger charge is -2.06. The molecule has 0 aliphatic heterocycles. The summed E-state index contributed by atoms with van der Waals surface area (Å²) in [6.45, 7) is 0. The molecule has 1 aromatic carbocycles. The van der Waals surface area contributed by atoms with Gasteiger partial charge in [-0.05, 0) is 17.5 Å². The Morgan fingerprint density at radius 2 is 2.29 bits per heavy atom. The summed E-state index contributed by atoms with van der Waals surface area (Å²) in [5, 5.41) is 18.8. The number of hydrogen-bond acceptors (Lipinski definition) is 4. The average molecular weight is 236 g/mol. The van der Waals surface area contributed by atoms with Gasteiger partial charge in [-0.3, -0.25) is 14.9 Å². The standard InChI is InChI=1S/C11H12N2O4/c12-10(11(14)15)7-9-3-1-2-8(6-9)4-5-13(16)17/h1-6,10H,7,12H2,(H,14,15)/t10-/m0/s1. The number of carboxylic acids is 1. The molecule has 1 rings (SSSR count). The molecule has 0 saturated carbocycles. The molecule has 0 saturated heterocycles. The minimum atomic E-state index is -1.07. The van der Waals surface area contributed by atoms with E-state index < -0.39 is 16.9 Å². The number of hydrogen-bond donors (Lipinski definition) is 2. The van der Waals surface area contributed by atoms with Gasteiger partial charge in [0.05, 0.1) is 4.92 Å². The van der Waals surface area contributed by atoms with Gasteiger partial charge in [-0.1, -0.05) is 24.3 Å². The number of aliphatic carboxylic acids is 1. The third-order valence-corrected chi connectivity index (χ3v) is 2.11. The Labute approximate surface area is 97.5 Å². The molecular formula is C11H12N2O4. The summed E-state index contributed by atoms with van der Waals surface area (Å²) in [6.07, 6.45) is 2.36. The fourth-order valence-electron chi connectivity index (χ4n) is 1.31. The van der Waals surface area contributed by atoms with Crippen molar-refractivity contribution in [2.45, 2.75) is 12.5 Å². The van der Waals surface area contributed by atoms with Gasteiger partial charge in [0.1, 0.15) is 6.04 Å². The summed E-state index contributed by atoms with van der Waals surface area (Å²) < 4.78 is 0. The van der Waals surface area contributed by atoms with Crippen LogP contribution in [0.3, 0.4) is 0 Å². The van der Waals surface area contributed by atoms with E-state index in [0.717, 1.165) is 11.8 Å². The lowest BCUT2D eigenvalue weighted by molar-refractivity contribution is -0.400. The summed E-state index contributed by atoms with van der Waals surface area (Å²) in [5.74, 6) is -1.07. The fraction of sp³-hybridized carbons (Fsp3) is 0.182. The molecule has 1 atom stereocenters. The van der Waals surface area contributed by atoms with Gasteiger partial charge in [-0.2, -0.15) is 0 Å². The first-order chi connectivity index (χ1) is 7.99. The lowest BCUT2D eigenvalue weighted by Crippen LogP contribution is -2.32. The molecule has 0 radical (unpaired) electrons. The van der Waals surface area contributed by atoms with E-state index in [1.165, 1.54) is 6.08 Å². The molecule has 0 spiro atoms. The maximum absolute atomic E-state index is 10.6. The van der Waals surface area contributed by atoms with E-state index in [9.17, 15) is 14.9 Å². The van der Waals surface area contributed by atoms with Crippen LogP contribution in [0.25, 0.3) is 6.08 Å². The molecule has 6 nitrogen and oxygen atoms in total. The van der Waals surface area contributed by atoms with E-state index in [1.807, 2.05) is 0 Å². The van der Waals surface area contributed by atoms with Gasteiger partial charge in [-0.15, -0.1) is 0 Å². The Balaban J connectivity index is 2.79. The topological polar surface area (TPSA) is 106 Å². The SMILES string of the molecule is N[C@@H](Cc1cccc(C=C[N+](=O)[O-])c1)C(=O)O. The number of nitrogens with zero attached hydrogens (tertiary/aromatic N) is 1. The van der Waals surface area contributed by atoms with Crippen LogP contribution in [0.1, 0.15) is 11.1 Å². The highest BCUT2D eigenvalue weighted by atomic mass is 16.6. The van der Waals surface area contributed by atoms with Gasteiger partial charge in [0.15, 0.2) is 0 Å². The van der Waals surface area contributed by atoms with E-state index in [2.05, 4.69) is 0 Å². The molecule has 0 aliphatic carbocycles.